The summed E-state index contributed by atoms with van der Waals surface area (Å²) in [6, 6.07) is 2.83. The van der Waals surface area contributed by atoms with Crippen molar-refractivity contribution >= 4 is 0 Å². The maximum atomic E-state index is 14.1. The zero-order valence-electron chi connectivity index (χ0n) is 9.52. The maximum absolute atomic E-state index is 14.1. The first-order chi connectivity index (χ1) is 7.60. The van der Waals surface area contributed by atoms with E-state index in [9.17, 15) is 8.78 Å². The average molecular weight is 225 g/mol. The molecule has 0 amide bonds. The lowest BCUT2D eigenvalue weighted by molar-refractivity contribution is 0.399. The van der Waals surface area contributed by atoms with E-state index in [4.69, 9.17) is 5.73 Å². The van der Waals surface area contributed by atoms with E-state index in [0.29, 0.717) is 12.1 Å². The van der Waals surface area contributed by atoms with E-state index in [1.54, 1.807) is 6.92 Å². The first-order valence-electron chi connectivity index (χ1n) is 5.76. The third kappa shape index (κ3) is 1.63. The summed E-state index contributed by atoms with van der Waals surface area (Å²) in [5.74, 6) is -0.859. The van der Waals surface area contributed by atoms with Gasteiger partial charge >= 0.3 is 0 Å². The minimum Gasteiger partial charge on any atom is -0.330 e. The van der Waals surface area contributed by atoms with Crippen LogP contribution in [0.25, 0.3) is 0 Å². The molecule has 3 heteroatoms. The molecule has 0 atom stereocenters. The fourth-order valence-corrected chi connectivity index (χ4v) is 2.75. The smallest absolute Gasteiger partial charge is 0.132 e. The van der Waals surface area contributed by atoms with E-state index in [-0.39, 0.29) is 5.56 Å². The topological polar surface area (TPSA) is 26.0 Å². The molecule has 1 aromatic rings. The Morgan fingerprint density at radius 2 is 1.88 bits per heavy atom. The van der Waals surface area contributed by atoms with Gasteiger partial charge in [0.15, 0.2) is 0 Å². The summed E-state index contributed by atoms with van der Waals surface area (Å²) in [7, 11) is 0. The molecule has 0 bridgehead atoms. The van der Waals surface area contributed by atoms with E-state index in [1.165, 1.54) is 12.1 Å². The Kier molecular flexibility index (Phi) is 2.98. The predicted molar refractivity (Wildman–Crippen MR) is 60.3 cm³/mol. The zero-order valence-corrected chi connectivity index (χ0v) is 9.52. The maximum Gasteiger partial charge on any atom is 0.132 e. The highest BCUT2D eigenvalue weighted by atomic mass is 19.1. The molecule has 0 unspecified atom stereocenters. The van der Waals surface area contributed by atoms with Crippen molar-refractivity contribution in [1.82, 2.24) is 0 Å². The highest BCUT2D eigenvalue weighted by Crippen LogP contribution is 2.42. The van der Waals surface area contributed by atoms with Crippen LogP contribution in [0.1, 0.15) is 36.8 Å². The lowest BCUT2D eigenvalue weighted by Crippen LogP contribution is -2.34. The van der Waals surface area contributed by atoms with Crippen LogP contribution in [0.5, 0.6) is 0 Å². The molecule has 0 saturated heterocycles. The molecule has 1 aliphatic carbocycles. The molecular formula is C13H17F2N. The van der Waals surface area contributed by atoms with Crippen molar-refractivity contribution in [2.24, 2.45) is 5.73 Å². The first kappa shape index (κ1) is 11.5. The highest BCUT2D eigenvalue weighted by molar-refractivity contribution is 5.34. The minimum atomic E-state index is -0.472. The number of nitrogens with two attached hydrogens (primary N) is 1. The molecule has 1 fully saturated rings. The van der Waals surface area contributed by atoms with Gasteiger partial charge in [-0.1, -0.05) is 18.9 Å². The van der Waals surface area contributed by atoms with Crippen LogP contribution < -0.4 is 5.73 Å². The molecule has 0 spiro atoms. The quantitative estimate of drug-likeness (QED) is 0.822. The molecule has 1 aliphatic rings. The number of halogens is 2. The first-order valence-corrected chi connectivity index (χ1v) is 5.76. The van der Waals surface area contributed by atoms with Gasteiger partial charge in [-0.15, -0.1) is 0 Å². The third-order valence-corrected chi connectivity index (χ3v) is 3.77. The highest BCUT2D eigenvalue weighted by Gasteiger charge is 2.39. The van der Waals surface area contributed by atoms with Crippen molar-refractivity contribution < 1.29 is 8.78 Å². The van der Waals surface area contributed by atoms with Crippen molar-refractivity contribution in [3.63, 3.8) is 0 Å². The summed E-state index contributed by atoms with van der Waals surface area (Å²) < 4.78 is 27.9. The SMILES string of the molecule is Cc1ccc(F)c(C2(CN)CCCC2)c1F. The summed E-state index contributed by atoms with van der Waals surface area (Å²) in [6.07, 6.45) is 3.59. The van der Waals surface area contributed by atoms with Gasteiger partial charge in [-0.2, -0.15) is 0 Å². The second-order valence-electron chi connectivity index (χ2n) is 4.74. The van der Waals surface area contributed by atoms with Crippen molar-refractivity contribution in [2.75, 3.05) is 6.54 Å². The third-order valence-electron chi connectivity index (χ3n) is 3.77. The van der Waals surface area contributed by atoms with Crippen LogP contribution in [0.2, 0.25) is 0 Å². The van der Waals surface area contributed by atoms with E-state index >= 15 is 0 Å². The van der Waals surface area contributed by atoms with Gasteiger partial charge in [0.2, 0.25) is 0 Å². The number of aryl methyl sites for hydroxylation is 1. The van der Waals surface area contributed by atoms with Crippen LogP contribution in [0.4, 0.5) is 8.78 Å². The number of hydrogen-bond acceptors (Lipinski definition) is 1. The Balaban J connectivity index is 2.57. The molecule has 88 valence electrons. The number of hydrogen-bond donors (Lipinski definition) is 1. The molecule has 1 saturated carbocycles. The normalized spacial score (nSPS) is 19.0. The van der Waals surface area contributed by atoms with Crippen LogP contribution >= 0.6 is 0 Å². The average Bonchev–Trinajstić information content (AvgIpc) is 2.74. The summed E-state index contributed by atoms with van der Waals surface area (Å²) in [4.78, 5) is 0. The van der Waals surface area contributed by atoms with Gasteiger partial charge in [0.05, 0.1) is 0 Å². The van der Waals surface area contributed by atoms with Crippen molar-refractivity contribution in [1.29, 1.82) is 0 Å². The van der Waals surface area contributed by atoms with Crippen LogP contribution in [-0.4, -0.2) is 6.54 Å². The lowest BCUT2D eigenvalue weighted by Gasteiger charge is -2.29. The molecule has 2 rings (SSSR count). The van der Waals surface area contributed by atoms with Gasteiger partial charge < -0.3 is 5.73 Å². The molecular weight excluding hydrogens is 208 g/mol. The molecule has 0 aromatic heterocycles. The predicted octanol–water partition coefficient (Wildman–Crippen LogP) is 3.04. The van der Waals surface area contributed by atoms with Crippen LogP contribution in [0.3, 0.4) is 0 Å². The largest absolute Gasteiger partial charge is 0.330 e. The number of rotatable bonds is 2. The van der Waals surface area contributed by atoms with Gasteiger partial charge in [-0.25, -0.2) is 8.78 Å². The standard InChI is InChI=1S/C13H17F2N/c1-9-4-5-10(14)11(12(9)15)13(8-16)6-2-3-7-13/h4-5H,2-3,6-8,16H2,1H3. The number of benzene rings is 1. The molecule has 1 aromatic carbocycles. The van der Waals surface area contributed by atoms with Gasteiger partial charge in [0.25, 0.3) is 0 Å². The van der Waals surface area contributed by atoms with Crippen molar-refractivity contribution in [3.8, 4) is 0 Å². The Bertz CT molecular complexity index is 395. The molecule has 1 nitrogen and oxygen atoms in total. The summed E-state index contributed by atoms with van der Waals surface area (Å²) in [5, 5.41) is 0. The monoisotopic (exact) mass is 225 g/mol. The molecule has 16 heavy (non-hydrogen) atoms. The Hall–Kier alpha value is -0.960. The Labute approximate surface area is 94.7 Å². The molecule has 0 aliphatic heterocycles. The van der Waals surface area contributed by atoms with Gasteiger partial charge in [-0.3, -0.25) is 0 Å². The van der Waals surface area contributed by atoms with Gasteiger partial charge in [0, 0.05) is 17.5 Å². The van der Waals surface area contributed by atoms with E-state index in [0.717, 1.165) is 25.7 Å². The summed E-state index contributed by atoms with van der Waals surface area (Å²) in [5.41, 5.74) is 5.99. The van der Waals surface area contributed by atoms with Crippen molar-refractivity contribution in [3.05, 3.63) is 34.9 Å². The van der Waals surface area contributed by atoms with E-state index in [1.807, 2.05) is 0 Å². The molecule has 0 heterocycles. The fraction of sp³-hybridized carbons (Fsp3) is 0.538. The second-order valence-corrected chi connectivity index (χ2v) is 4.74. The van der Waals surface area contributed by atoms with Gasteiger partial charge in [-0.05, 0) is 31.4 Å². The van der Waals surface area contributed by atoms with Crippen molar-refractivity contribution in [2.45, 2.75) is 38.0 Å². The second kappa shape index (κ2) is 4.13. The van der Waals surface area contributed by atoms with E-state index < -0.39 is 17.0 Å². The van der Waals surface area contributed by atoms with Gasteiger partial charge in [0.1, 0.15) is 11.6 Å². The minimum absolute atomic E-state index is 0.215. The molecule has 0 radical (unpaired) electrons. The summed E-state index contributed by atoms with van der Waals surface area (Å²) >= 11 is 0. The van der Waals surface area contributed by atoms with Crippen LogP contribution in [0, 0.1) is 18.6 Å². The summed E-state index contributed by atoms with van der Waals surface area (Å²) in [6.45, 7) is 1.99. The Morgan fingerprint density at radius 1 is 1.25 bits per heavy atom. The fourth-order valence-electron chi connectivity index (χ4n) is 2.75. The zero-order chi connectivity index (χ0) is 11.8. The lowest BCUT2D eigenvalue weighted by atomic mass is 9.78. The van der Waals surface area contributed by atoms with E-state index in [2.05, 4.69) is 0 Å². The molecule has 2 N–H and O–H groups in total. The Morgan fingerprint density at radius 3 is 2.44 bits per heavy atom. The van der Waals surface area contributed by atoms with Crippen LogP contribution in [0.15, 0.2) is 12.1 Å². The van der Waals surface area contributed by atoms with Crippen LogP contribution in [-0.2, 0) is 5.41 Å².